The van der Waals surface area contributed by atoms with Crippen LogP contribution in [0.2, 0.25) is 0 Å². The van der Waals surface area contributed by atoms with E-state index in [2.05, 4.69) is 55.9 Å². The highest BCUT2D eigenvalue weighted by Gasteiger charge is 2.09. The second kappa shape index (κ2) is 13.3. The number of nitrogens with zero attached hydrogens (tertiary/aromatic N) is 2. The van der Waals surface area contributed by atoms with Crippen LogP contribution in [0.1, 0.15) is 31.2 Å². The van der Waals surface area contributed by atoms with Crippen LogP contribution in [0.4, 0.5) is 5.82 Å². The number of carboxylic acid groups (broad SMARTS) is 1. The molecule has 2 aromatic heterocycles. The van der Waals surface area contributed by atoms with Crippen molar-refractivity contribution in [1.82, 2.24) is 20.3 Å². The lowest BCUT2D eigenvalue weighted by molar-refractivity contribution is -0.137. The van der Waals surface area contributed by atoms with Crippen LogP contribution in [0.5, 0.6) is 5.75 Å². The van der Waals surface area contributed by atoms with E-state index in [0.29, 0.717) is 6.61 Å². The van der Waals surface area contributed by atoms with E-state index in [0.717, 1.165) is 79.2 Å². The number of H-pyrrole nitrogens is 1. The van der Waals surface area contributed by atoms with Crippen LogP contribution in [-0.4, -0.2) is 52.3 Å². The van der Waals surface area contributed by atoms with Gasteiger partial charge in [-0.1, -0.05) is 36.8 Å². The molecule has 0 radical (unpaired) electrons. The fourth-order valence-corrected chi connectivity index (χ4v) is 4.01. The molecule has 2 aromatic carbocycles. The number of hydrogen-bond donors (Lipinski definition) is 4. The van der Waals surface area contributed by atoms with Crippen molar-refractivity contribution >= 4 is 22.8 Å². The van der Waals surface area contributed by atoms with Crippen LogP contribution in [0.25, 0.3) is 22.3 Å². The number of carboxylic acids is 1. The number of carbonyl (C=O) groups is 1. The average Bonchev–Trinajstić information content (AvgIpc) is 3.34. The molecule has 8 nitrogen and oxygen atoms in total. The van der Waals surface area contributed by atoms with E-state index in [1.165, 1.54) is 5.56 Å². The quantitative estimate of drug-likeness (QED) is 0.177. The number of rotatable bonds is 15. The van der Waals surface area contributed by atoms with Crippen molar-refractivity contribution in [2.24, 2.45) is 0 Å². The molecule has 0 saturated heterocycles. The van der Waals surface area contributed by atoms with E-state index in [9.17, 15) is 4.79 Å². The van der Waals surface area contributed by atoms with Crippen molar-refractivity contribution in [3.63, 3.8) is 0 Å². The van der Waals surface area contributed by atoms with Gasteiger partial charge in [-0.25, -0.2) is 9.97 Å². The first kappa shape index (κ1) is 25.2. The predicted octanol–water partition coefficient (Wildman–Crippen LogP) is 4.89. The Kier molecular flexibility index (Phi) is 9.27. The van der Waals surface area contributed by atoms with Gasteiger partial charge in [-0.15, -0.1) is 0 Å². The number of benzene rings is 2. The van der Waals surface area contributed by atoms with Crippen molar-refractivity contribution in [2.75, 3.05) is 31.6 Å². The molecule has 36 heavy (non-hydrogen) atoms. The molecular formula is C28H33N5O3. The van der Waals surface area contributed by atoms with Gasteiger partial charge in [0.15, 0.2) is 0 Å². The number of aliphatic carboxylic acids is 1. The Bertz CT molecular complexity index is 1230. The van der Waals surface area contributed by atoms with Gasteiger partial charge in [0, 0.05) is 25.2 Å². The van der Waals surface area contributed by atoms with Crippen molar-refractivity contribution in [1.29, 1.82) is 0 Å². The van der Waals surface area contributed by atoms with E-state index < -0.39 is 5.97 Å². The molecule has 0 atom stereocenters. The van der Waals surface area contributed by atoms with E-state index in [1.807, 2.05) is 30.3 Å². The molecule has 0 bridgehead atoms. The van der Waals surface area contributed by atoms with E-state index in [1.54, 1.807) is 6.33 Å². The lowest BCUT2D eigenvalue weighted by atomic mass is 10.1. The third kappa shape index (κ3) is 7.55. The molecule has 0 aliphatic rings. The zero-order valence-electron chi connectivity index (χ0n) is 20.4. The summed E-state index contributed by atoms with van der Waals surface area (Å²) in [6.07, 6.45) is 5.38. The molecule has 0 aliphatic heterocycles. The van der Waals surface area contributed by atoms with Gasteiger partial charge in [0.2, 0.25) is 0 Å². The van der Waals surface area contributed by atoms with Gasteiger partial charge >= 0.3 is 5.97 Å². The summed E-state index contributed by atoms with van der Waals surface area (Å²) < 4.78 is 5.83. The third-order valence-electron chi connectivity index (χ3n) is 5.93. The first-order valence-electron chi connectivity index (χ1n) is 12.5. The Labute approximate surface area is 211 Å². The summed E-state index contributed by atoms with van der Waals surface area (Å²) in [6, 6.07) is 20.5. The minimum Gasteiger partial charge on any atom is -0.492 e. The number of hydrogen-bond acceptors (Lipinski definition) is 6. The van der Waals surface area contributed by atoms with E-state index in [4.69, 9.17) is 9.84 Å². The minimum absolute atomic E-state index is 0.248. The fraction of sp³-hybridized carbons (Fsp3) is 0.321. The van der Waals surface area contributed by atoms with E-state index >= 15 is 0 Å². The Morgan fingerprint density at radius 2 is 1.78 bits per heavy atom. The summed E-state index contributed by atoms with van der Waals surface area (Å²) in [5, 5.41) is 16.4. The number of aromatic amines is 1. The zero-order valence-corrected chi connectivity index (χ0v) is 20.4. The number of nitrogens with one attached hydrogen (secondary N) is 3. The molecular weight excluding hydrogens is 454 g/mol. The zero-order chi connectivity index (χ0) is 25.0. The van der Waals surface area contributed by atoms with Gasteiger partial charge in [-0.3, -0.25) is 4.79 Å². The van der Waals surface area contributed by atoms with Crippen LogP contribution in [-0.2, 0) is 11.2 Å². The molecule has 4 N–H and O–H groups in total. The smallest absolute Gasteiger partial charge is 0.303 e. The molecule has 8 heteroatoms. The SMILES string of the molecule is O=C(O)CCCCCNCCOc1ccc(-c2cc3c(NCCc4ccccc4)ncnc3[nH]2)cc1. The number of anilines is 1. The molecule has 0 aliphatic carbocycles. The lowest BCUT2D eigenvalue weighted by Gasteiger charge is -2.08. The minimum atomic E-state index is -0.725. The van der Waals surface area contributed by atoms with Crippen LogP contribution in [0, 0.1) is 0 Å². The second-order valence-corrected chi connectivity index (χ2v) is 8.66. The average molecular weight is 488 g/mol. The topological polar surface area (TPSA) is 112 Å². The summed E-state index contributed by atoms with van der Waals surface area (Å²) in [7, 11) is 0. The van der Waals surface area contributed by atoms with Gasteiger partial charge in [0.05, 0.1) is 5.39 Å². The number of fused-ring (bicyclic) bond motifs is 1. The van der Waals surface area contributed by atoms with Gasteiger partial charge in [0.25, 0.3) is 0 Å². The lowest BCUT2D eigenvalue weighted by Crippen LogP contribution is -2.22. The van der Waals surface area contributed by atoms with Crippen LogP contribution >= 0.6 is 0 Å². The Hall–Kier alpha value is -3.91. The van der Waals surface area contributed by atoms with Crippen molar-refractivity contribution in [3.05, 3.63) is 72.6 Å². The molecule has 0 saturated carbocycles. The molecule has 2 heterocycles. The number of ether oxygens (including phenoxy) is 1. The highest BCUT2D eigenvalue weighted by molar-refractivity contribution is 5.91. The Morgan fingerprint density at radius 1 is 0.944 bits per heavy atom. The summed E-state index contributed by atoms with van der Waals surface area (Å²) in [5.41, 5.74) is 4.12. The maximum atomic E-state index is 10.5. The summed E-state index contributed by atoms with van der Waals surface area (Å²) in [6.45, 7) is 2.99. The predicted molar refractivity (Wildman–Crippen MR) is 142 cm³/mol. The standard InChI is InChI=1S/C28H33N5O3/c34-26(35)9-5-2-6-15-29-17-18-36-23-12-10-22(11-13-23)25-19-24-27(31-20-32-28(24)33-25)30-16-14-21-7-3-1-4-8-21/h1,3-4,7-8,10-13,19-20,29H,2,5-6,9,14-18H2,(H,34,35)(H2,30,31,32,33). The van der Waals surface area contributed by atoms with E-state index in [-0.39, 0.29) is 6.42 Å². The molecule has 0 unspecified atom stereocenters. The molecule has 0 amide bonds. The fourth-order valence-electron chi connectivity index (χ4n) is 4.01. The van der Waals surface area contributed by atoms with Crippen molar-refractivity contribution < 1.29 is 14.6 Å². The molecule has 4 aromatic rings. The Balaban J connectivity index is 1.24. The summed E-state index contributed by atoms with van der Waals surface area (Å²) in [4.78, 5) is 22.7. The van der Waals surface area contributed by atoms with Crippen LogP contribution in [0.15, 0.2) is 67.0 Å². The highest BCUT2D eigenvalue weighted by atomic mass is 16.5. The first-order chi connectivity index (χ1) is 17.7. The third-order valence-corrected chi connectivity index (χ3v) is 5.93. The molecule has 4 rings (SSSR count). The van der Waals surface area contributed by atoms with Crippen LogP contribution in [0.3, 0.4) is 0 Å². The van der Waals surface area contributed by atoms with Gasteiger partial charge in [0.1, 0.15) is 30.1 Å². The Morgan fingerprint density at radius 3 is 2.58 bits per heavy atom. The van der Waals surface area contributed by atoms with Crippen molar-refractivity contribution in [2.45, 2.75) is 32.1 Å². The van der Waals surface area contributed by atoms with Crippen molar-refractivity contribution in [3.8, 4) is 17.0 Å². The summed E-state index contributed by atoms with van der Waals surface area (Å²) >= 11 is 0. The second-order valence-electron chi connectivity index (χ2n) is 8.66. The number of aromatic nitrogens is 3. The van der Waals surface area contributed by atoms with Gasteiger partial charge < -0.3 is 25.5 Å². The maximum absolute atomic E-state index is 10.5. The molecule has 188 valence electrons. The monoisotopic (exact) mass is 487 g/mol. The maximum Gasteiger partial charge on any atom is 0.303 e. The molecule has 0 fully saturated rings. The summed E-state index contributed by atoms with van der Waals surface area (Å²) in [5.74, 6) is 0.922. The largest absolute Gasteiger partial charge is 0.492 e. The van der Waals surface area contributed by atoms with Gasteiger partial charge in [-0.05, 0) is 67.3 Å². The number of unbranched alkanes of at least 4 members (excludes halogenated alkanes) is 2. The highest BCUT2D eigenvalue weighted by Crippen LogP contribution is 2.28. The first-order valence-corrected chi connectivity index (χ1v) is 12.5. The van der Waals surface area contributed by atoms with Crippen LogP contribution < -0.4 is 15.4 Å². The molecule has 0 spiro atoms. The normalized spacial score (nSPS) is 11.0. The van der Waals surface area contributed by atoms with Gasteiger partial charge in [-0.2, -0.15) is 0 Å².